The van der Waals surface area contributed by atoms with Gasteiger partial charge in [0.05, 0.1) is 12.8 Å². The topological polar surface area (TPSA) is 22.1 Å². The van der Waals surface area contributed by atoms with E-state index in [2.05, 4.69) is 25.8 Å². The Bertz CT molecular complexity index is 302. The van der Waals surface area contributed by atoms with E-state index in [0.29, 0.717) is 5.41 Å². The second-order valence-corrected chi connectivity index (χ2v) is 5.07. The minimum Gasteiger partial charge on any atom is -0.495 e. The zero-order valence-electron chi connectivity index (χ0n) is 10.2. The van der Waals surface area contributed by atoms with Crippen LogP contribution < -0.4 is 4.74 Å². The Morgan fingerprint density at radius 1 is 1.33 bits per heavy atom. The Morgan fingerprint density at radius 3 is 2.67 bits per heavy atom. The maximum Gasteiger partial charge on any atom is 0.140 e. The molecule has 0 unspecified atom stereocenters. The van der Waals surface area contributed by atoms with Gasteiger partial charge in [-0.2, -0.15) is 0 Å². The first kappa shape index (κ1) is 12.0. The quantitative estimate of drug-likeness (QED) is 0.754. The van der Waals surface area contributed by atoms with Crippen molar-refractivity contribution in [3.63, 3.8) is 0 Å². The van der Waals surface area contributed by atoms with Gasteiger partial charge in [-0.25, -0.2) is 0 Å². The van der Waals surface area contributed by atoms with Crippen molar-refractivity contribution in [3.8, 4) is 5.75 Å². The molecule has 15 heavy (non-hydrogen) atoms. The van der Waals surface area contributed by atoms with Gasteiger partial charge in [0.15, 0.2) is 0 Å². The lowest BCUT2D eigenvalue weighted by molar-refractivity contribution is 0.361. The molecule has 0 N–H and O–H groups in total. The Morgan fingerprint density at radius 2 is 2.07 bits per heavy atom. The molecule has 1 heterocycles. The number of hydrogen-bond donors (Lipinski definition) is 0. The number of ether oxygens (including phenoxy) is 1. The van der Waals surface area contributed by atoms with Gasteiger partial charge in [0.1, 0.15) is 5.75 Å². The number of pyridine rings is 1. The van der Waals surface area contributed by atoms with Gasteiger partial charge >= 0.3 is 0 Å². The zero-order valence-corrected chi connectivity index (χ0v) is 10.2. The van der Waals surface area contributed by atoms with E-state index in [1.54, 1.807) is 7.11 Å². The fourth-order valence-electron chi connectivity index (χ4n) is 1.58. The number of aromatic nitrogens is 1. The third kappa shape index (κ3) is 4.32. The third-order valence-electron chi connectivity index (χ3n) is 2.41. The molecular weight excluding hydrogens is 186 g/mol. The average Bonchev–Trinajstić information content (AvgIpc) is 2.16. The number of rotatable bonds is 4. The molecule has 2 heteroatoms. The van der Waals surface area contributed by atoms with Crippen LogP contribution >= 0.6 is 0 Å². The highest BCUT2D eigenvalue weighted by atomic mass is 16.5. The minimum atomic E-state index is 0.405. The molecule has 0 atom stereocenters. The summed E-state index contributed by atoms with van der Waals surface area (Å²) in [4.78, 5) is 4.34. The van der Waals surface area contributed by atoms with Crippen LogP contribution in [0.3, 0.4) is 0 Å². The molecule has 0 radical (unpaired) electrons. The molecule has 1 aromatic rings. The van der Waals surface area contributed by atoms with Crippen molar-refractivity contribution in [1.82, 2.24) is 4.98 Å². The van der Waals surface area contributed by atoms with Crippen LogP contribution in [0.15, 0.2) is 18.3 Å². The van der Waals surface area contributed by atoms with Gasteiger partial charge in [-0.1, -0.05) is 20.8 Å². The summed E-state index contributed by atoms with van der Waals surface area (Å²) >= 11 is 0. The van der Waals surface area contributed by atoms with Gasteiger partial charge in [0.25, 0.3) is 0 Å². The number of methoxy groups -OCH3 is 1. The van der Waals surface area contributed by atoms with Crippen molar-refractivity contribution >= 4 is 0 Å². The summed E-state index contributed by atoms with van der Waals surface area (Å²) in [7, 11) is 1.70. The molecule has 0 fully saturated rings. The first-order chi connectivity index (χ1) is 7.03. The van der Waals surface area contributed by atoms with Crippen LogP contribution in [0.1, 0.15) is 39.3 Å². The standard InChI is InChI=1S/C13H21NO/c1-13(2,3)9-5-7-11-12(15-4)8-6-10-14-11/h6,8,10H,5,7,9H2,1-4H3. The summed E-state index contributed by atoms with van der Waals surface area (Å²) < 4.78 is 5.27. The van der Waals surface area contributed by atoms with Crippen molar-refractivity contribution in [2.24, 2.45) is 5.41 Å². The molecule has 0 bridgehead atoms. The van der Waals surface area contributed by atoms with Crippen LogP contribution in [0, 0.1) is 5.41 Å². The summed E-state index contributed by atoms with van der Waals surface area (Å²) in [5.74, 6) is 0.909. The number of hydrogen-bond acceptors (Lipinski definition) is 2. The van der Waals surface area contributed by atoms with Crippen molar-refractivity contribution in [2.45, 2.75) is 40.0 Å². The lowest BCUT2D eigenvalue weighted by atomic mass is 9.89. The molecular formula is C13H21NO. The lowest BCUT2D eigenvalue weighted by Gasteiger charge is -2.17. The van der Waals surface area contributed by atoms with Gasteiger partial charge in [-0.15, -0.1) is 0 Å². The van der Waals surface area contributed by atoms with Gasteiger partial charge in [-0.05, 0) is 36.8 Å². The lowest BCUT2D eigenvalue weighted by Crippen LogP contribution is -2.05. The van der Waals surface area contributed by atoms with E-state index < -0.39 is 0 Å². The van der Waals surface area contributed by atoms with Crippen LogP contribution in [0.4, 0.5) is 0 Å². The van der Waals surface area contributed by atoms with Gasteiger partial charge in [-0.3, -0.25) is 4.98 Å². The Hall–Kier alpha value is -1.05. The average molecular weight is 207 g/mol. The highest BCUT2D eigenvalue weighted by Gasteiger charge is 2.10. The SMILES string of the molecule is COc1cccnc1CCCC(C)(C)C. The summed E-state index contributed by atoms with van der Waals surface area (Å²) in [5, 5.41) is 0. The van der Waals surface area contributed by atoms with Crippen molar-refractivity contribution in [2.75, 3.05) is 7.11 Å². The van der Waals surface area contributed by atoms with Gasteiger partial charge < -0.3 is 4.74 Å². The molecule has 0 saturated heterocycles. The Balaban J connectivity index is 2.50. The molecule has 0 saturated carbocycles. The van der Waals surface area contributed by atoms with E-state index >= 15 is 0 Å². The predicted octanol–water partition coefficient (Wildman–Crippen LogP) is 3.46. The van der Waals surface area contributed by atoms with Crippen molar-refractivity contribution in [3.05, 3.63) is 24.0 Å². The predicted molar refractivity (Wildman–Crippen MR) is 63.2 cm³/mol. The maximum absolute atomic E-state index is 5.27. The third-order valence-corrected chi connectivity index (χ3v) is 2.41. The summed E-state index contributed by atoms with van der Waals surface area (Å²) in [6.45, 7) is 6.80. The molecule has 0 aromatic carbocycles. The van der Waals surface area contributed by atoms with Gasteiger partial charge in [0.2, 0.25) is 0 Å². The summed E-state index contributed by atoms with van der Waals surface area (Å²) in [5.41, 5.74) is 1.48. The highest BCUT2D eigenvalue weighted by Crippen LogP contribution is 2.23. The van der Waals surface area contributed by atoms with Crippen molar-refractivity contribution in [1.29, 1.82) is 0 Å². The second-order valence-electron chi connectivity index (χ2n) is 5.07. The normalized spacial score (nSPS) is 11.5. The van der Waals surface area contributed by atoms with Crippen LogP contribution in [0.25, 0.3) is 0 Å². The van der Waals surface area contributed by atoms with E-state index in [-0.39, 0.29) is 0 Å². The second kappa shape index (κ2) is 5.15. The fourth-order valence-corrected chi connectivity index (χ4v) is 1.58. The van der Waals surface area contributed by atoms with Crippen LogP contribution in [0.2, 0.25) is 0 Å². The van der Waals surface area contributed by atoms with E-state index in [9.17, 15) is 0 Å². The molecule has 0 aliphatic heterocycles. The fraction of sp³-hybridized carbons (Fsp3) is 0.615. The number of nitrogens with zero attached hydrogens (tertiary/aromatic N) is 1. The molecule has 0 aliphatic rings. The minimum absolute atomic E-state index is 0.405. The smallest absolute Gasteiger partial charge is 0.140 e. The summed E-state index contributed by atoms with van der Waals surface area (Å²) in [6, 6.07) is 3.88. The number of aryl methyl sites for hydroxylation is 1. The first-order valence-corrected chi connectivity index (χ1v) is 5.51. The molecule has 2 nitrogen and oxygen atoms in total. The van der Waals surface area contributed by atoms with Crippen LogP contribution in [-0.2, 0) is 6.42 Å². The molecule has 0 amide bonds. The van der Waals surface area contributed by atoms with Crippen LogP contribution in [0.5, 0.6) is 5.75 Å². The monoisotopic (exact) mass is 207 g/mol. The first-order valence-electron chi connectivity index (χ1n) is 5.51. The van der Waals surface area contributed by atoms with Crippen molar-refractivity contribution < 1.29 is 4.74 Å². The Labute approximate surface area is 92.7 Å². The molecule has 1 aromatic heterocycles. The van der Waals surface area contributed by atoms with Gasteiger partial charge in [0, 0.05) is 6.20 Å². The van der Waals surface area contributed by atoms with E-state index in [0.717, 1.165) is 24.3 Å². The maximum atomic E-state index is 5.27. The molecule has 0 aliphatic carbocycles. The van der Waals surface area contributed by atoms with E-state index in [1.807, 2.05) is 18.3 Å². The largest absolute Gasteiger partial charge is 0.495 e. The van der Waals surface area contributed by atoms with E-state index in [4.69, 9.17) is 4.74 Å². The van der Waals surface area contributed by atoms with E-state index in [1.165, 1.54) is 6.42 Å². The highest BCUT2D eigenvalue weighted by molar-refractivity contribution is 5.26. The Kier molecular flexibility index (Phi) is 4.13. The molecule has 1 rings (SSSR count). The molecule has 0 spiro atoms. The van der Waals surface area contributed by atoms with Crippen LogP contribution in [-0.4, -0.2) is 12.1 Å². The zero-order chi connectivity index (χ0) is 11.3. The molecule has 84 valence electrons. The summed E-state index contributed by atoms with van der Waals surface area (Å²) in [6.07, 6.45) is 5.21.